The number of benzene rings is 3. The van der Waals surface area contributed by atoms with Gasteiger partial charge in [0.25, 0.3) is 0 Å². The molecule has 4 heteroatoms. The first kappa shape index (κ1) is 19.3. The Morgan fingerprint density at radius 3 is 2.21 bits per heavy atom. The van der Waals surface area contributed by atoms with Crippen molar-refractivity contribution in [3.63, 3.8) is 0 Å². The predicted octanol–water partition coefficient (Wildman–Crippen LogP) is 5.96. The molecular weight excluding hydrogens is 374 g/mol. The van der Waals surface area contributed by atoms with Gasteiger partial charge in [-0.1, -0.05) is 90.6 Å². The molecule has 0 N–H and O–H groups in total. The highest BCUT2D eigenvalue weighted by Gasteiger charge is 2.14. The van der Waals surface area contributed by atoms with Crippen molar-refractivity contribution in [1.82, 2.24) is 9.55 Å². The molecule has 0 saturated carbocycles. The Balaban J connectivity index is 1.66. The summed E-state index contributed by atoms with van der Waals surface area (Å²) in [5.41, 5.74) is 6.19. The van der Waals surface area contributed by atoms with Gasteiger partial charge in [-0.05, 0) is 22.8 Å². The van der Waals surface area contributed by atoms with Crippen LogP contribution < -0.4 is 4.90 Å². The fourth-order valence-electron chi connectivity index (χ4n) is 3.44. The lowest BCUT2D eigenvalue weighted by atomic mass is 10.1. The predicted molar refractivity (Wildman–Crippen MR) is 124 cm³/mol. The smallest absolute Gasteiger partial charge is 0.169 e. The Bertz CT molecular complexity index is 1060. The van der Waals surface area contributed by atoms with Gasteiger partial charge in [-0.3, -0.25) is 0 Å². The van der Waals surface area contributed by atoms with Crippen molar-refractivity contribution in [2.75, 3.05) is 19.0 Å². The molecule has 3 aromatic carbocycles. The lowest BCUT2D eigenvalue weighted by Crippen LogP contribution is -2.11. The van der Waals surface area contributed by atoms with Gasteiger partial charge < -0.3 is 9.47 Å². The maximum atomic E-state index is 4.79. The third-order valence-electron chi connectivity index (χ3n) is 4.90. The van der Waals surface area contributed by atoms with Gasteiger partial charge >= 0.3 is 0 Å². The van der Waals surface area contributed by atoms with E-state index in [2.05, 4.69) is 108 Å². The molecule has 0 aliphatic rings. The zero-order valence-electron chi connectivity index (χ0n) is 16.8. The van der Waals surface area contributed by atoms with E-state index in [9.17, 15) is 0 Å². The highest BCUT2D eigenvalue weighted by Crippen LogP contribution is 2.31. The lowest BCUT2D eigenvalue weighted by Gasteiger charge is -2.17. The van der Waals surface area contributed by atoms with Crippen LogP contribution in [0.5, 0.6) is 0 Å². The van der Waals surface area contributed by atoms with Gasteiger partial charge in [0.15, 0.2) is 5.16 Å². The lowest BCUT2D eigenvalue weighted by molar-refractivity contribution is 0.715. The molecule has 0 aliphatic heterocycles. The highest BCUT2D eigenvalue weighted by molar-refractivity contribution is 7.98. The maximum Gasteiger partial charge on any atom is 0.169 e. The Morgan fingerprint density at radius 1 is 0.828 bits per heavy atom. The van der Waals surface area contributed by atoms with Gasteiger partial charge in [-0.2, -0.15) is 0 Å². The van der Waals surface area contributed by atoms with Crippen molar-refractivity contribution in [2.45, 2.75) is 17.5 Å². The van der Waals surface area contributed by atoms with Gasteiger partial charge in [0, 0.05) is 25.5 Å². The molecule has 146 valence electrons. The number of thioether (sulfide) groups is 1. The zero-order chi connectivity index (χ0) is 20.1. The van der Waals surface area contributed by atoms with E-state index in [1.54, 1.807) is 11.8 Å². The first-order chi connectivity index (χ1) is 14.2. The maximum absolute atomic E-state index is 4.79. The molecule has 0 saturated heterocycles. The topological polar surface area (TPSA) is 21.1 Å². The van der Waals surface area contributed by atoms with Gasteiger partial charge in [-0.25, -0.2) is 4.98 Å². The molecule has 29 heavy (non-hydrogen) atoms. The number of para-hydroxylation sites is 1. The number of aromatic nitrogens is 2. The van der Waals surface area contributed by atoms with E-state index < -0.39 is 0 Å². The molecule has 0 unspecified atom stereocenters. The SMILES string of the molecule is CN(C)c1ccccc1CSc1ncc(-c2ccccc2)n1Cc1ccccc1. The van der Waals surface area contributed by atoms with Gasteiger partial charge in [0.1, 0.15) is 0 Å². The molecule has 0 amide bonds. The van der Waals surface area contributed by atoms with Gasteiger partial charge in [0.05, 0.1) is 18.4 Å². The molecule has 0 spiro atoms. The third kappa shape index (κ3) is 4.54. The second-order valence-electron chi connectivity index (χ2n) is 7.18. The normalized spacial score (nSPS) is 10.8. The Morgan fingerprint density at radius 2 is 1.48 bits per heavy atom. The van der Waals surface area contributed by atoms with E-state index in [-0.39, 0.29) is 0 Å². The Hall–Kier alpha value is -2.98. The minimum Gasteiger partial charge on any atom is -0.377 e. The first-order valence-corrected chi connectivity index (χ1v) is 10.7. The van der Waals surface area contributed by atoms with Gasteiger partial charge in [-0.15, -0.1) is 0 Å². The van der Waals surface area contributed by atoms with Crippen LogP contribution in [0.3, 0.4) is 0 Å². The van der Waals surface area contributed by atoms with E-state index >= 15 is 0 Å². The Kier molecular flexibility index (Phi) is 6.01. The highest BCUT2D eigenvalue weighted by atomic mass is 32.2. The fraction of sp³-hybridized carbons (Fsp3) is 0.160. The van der Waals surface area contributed by atoms with E-state index in [4.69, 9.17) is 4.98 Å². The number of anilines is 1. The second kappa shape index (κ2) is 9.01. The number of imidazole rings is 1. The van der Waals surface area contributed by atoms with Crippen molar-refractivity contribution in [3.05, 3.63) is 102 Å². The van der Waals surface area contributed by atoms with Crippen LogP contribution in [0.15, 0.2) is 96.3 Å². The average Bonchev–Trinajstić information content (AvgIpc) is 3.16. The summed E-state index contributed by atoms with van der Waals surface area (Å²) >= 11 is 1.79. The number of rotatable bonds is 7. The molecular formula is C25H25N3S. The van der Waals surface area contributed by atoms with Crippen LogP contribution in [-0.4, -0.2) is 23.6 Å². The third-order valence-corrected chi connectivity index (χ3v) is 5.94. The van der Waals surface area contributed by atoms with E-state index in [1.807, 2.05) is 6.20 Å². The minimum absolute atomic E-state index is 0.808. The molecule has 0 bridgehead atoms. The number of nitrogens with zero attached hydrogens (tertiary/aromatic N) is 3. The molecule has 4 aromatic rings. The second-order valence-corrected chi connectivity index (χ2v) is 8.12. The molecule has 0 radical (unpaired) electrons. The van der Waals surface area contributed by atoms with Crippen LogP contribution in [0.4, 0.5) is 5.69 Å². The number of hydrogen-bond acceptors (Lipinski definition) is 3. The fourth-order valence-corrected chi connectivity index (χ4v) is 4.42. The summed E-state index contributed by atoms with van der Waals surface area (Å²) in [5, 5.41) is 1.04. The summed E-state index contributed by atoms with van der Waals surface area (Å²) in [4.78, 5) is 6.96. The summed E-state index contributed by atoms with van der Waals surface area (Å²) in [6.07, 6.45) is 2.00. The summed E-state index contributed by atoms with van der Waals surface area (Å²) < 4.78 is 2.33. The van der Waals surface area contributed by atoms with Crippen LogP contribution in [0.2, 0.25) is 0 Å². The van der Waals surface area contributed by atoms with Crippen LogP contribution in [0, 0.1) is 0 Å². The van der Waals surface area contributed by atoms with E-state index in [0.717, 1.165) is 23.1 Å². The van der Waals surface area contributed by atoms with Crippen LogP contribution in [0.25, 0.3) is 11.3 Å². The van der Waals surface area contributed by atoms with Crippen molar-refractivity contribution in [3.8, 4) is 11.3 Å². The Labute approximate surface area is 177 Å². The zero-order valence-corrected chi connectivity index (χ0v) is 17.6. The monoisotopic (exact) mass is 399 g/mol. The summed E-state index contributed by atoms with van der Waals surface area (Å²) in [6, 6.07) is 29.7. The molecule has 0 fully saturated rings. The van der Waals surface area contributed by atoms with Crippen LogP contribution >= 0.6 is 11.8 Å². The quantitative estimate of drug-likeness (QED) is 0.358. The average molecular weight is 400 g/mol. The summed E-state index contributed by atoms with van der Waals surface area (Å²) in [5.74, 6) is 0.883. The first-order valence-electron chi connectivity index (χ1n) is 9.75. The minimum atomic E-state index is 0.808. The largest absolute Gasteiger partial charge is 0.377 e. The number of hydrogen-bond donors (Lipinski definition) is 0. The van der Waals surface area contributed by atoms with E-state index in [1.165, 1.54) is 22.4 Å². The van der Waals surface area contributed by atoms with Crippen molar-refractivity contribution in [2.24, 2.45) is 0 Å². The summed E-state index contributed by atoms with van der Waals surface area (Å²) in [6.45, 7) is 0.808. The van der Waals surface area contributed by atoms with E-state index in [0.29, 0.717) is 0 Å². The molecule has 4 rings (SSSR count). The van der Waals surface area contributed by atoms with Gasteiger partial charge in [0.2, 0.25) is 0 Å². The molecule has 1 heterocycles. The van der Waals surface area contributed by atoms with Crippen molar-refractivity contribution < 1.29 is 0 Å². The molecule has 1 aromatic heterocycles. The van der Waals surface area contributed by atoms with Crippen LogP contribution in [-0.2, 0) is 12.3 Å². The standard InChI is InChI=1S/C25H25N3S/c1-27(2)23-16-10-9-15-22(23)19-29-25-26-17-24(21-13-7-4-8-14-21)28(25)18-20-11-5-3-6-12-20/h3-17H,18-19H2,1-2H3. The molecule has 0 atom stereocenters. The molecule has 3 nitrogen and oxygen atoms in total. The van der Waals surface area contributed by atoms with Crippen molar-refractivity contribution in [1.29, 1.82) is 0 Å². The van der Waals surface area contributed by atoms with Crippen LogP contribution in [0.1, 0.15) is 11.1 Å². The van der Waals surface area contributed by atoms with Crippen molar-refractivity contribution >= 4 is 17.4 Å². The summed E-state index contributed by atoms with van der Waals surface area (Å²) in [7, 11) is 4.18. The molecule has 0 aliphatic carbocycles.